The lowest BCUT2D eigenvalue weighted by atomic mass is 10.3. The van der Waals surface area contributed by atoms with Crippen molar-refractivity contribution in [2.75, 3.05) is 18.2 Å². The molecule has 0 aliphatic carbocycles. The van der Waals surface area contributed by atoms with Crippen LogP contribution in [0.4, 0.5) is 5.69 Å². The molecule has 2 rings (SSSR count). The van der Waals surface area contributed by atoms with Crippen LogP contribution in [0.15, 0.2) is 35.6 Å². The van der Waals surface area contributed by atoms with Gasteiger partial charge in [0, 0.05) is 23.6 Å². The highest BCUT2D eigenvalue weighted by molar-refractivity contribution is 7.92. The summed E-state index contributed by atoms with van der Waals surface area (Å²) in [6, 6.07) is 6.67. The van der Waals surface area contributed by atoms with Crippen molar-refractivity contribution in [1.82, 2.24) is 9.97 Å². The molecule has 0 aliphatic rings. The summed E-state index contributed by atoms with van der Waals surface area (Å²) < 4.78 is 29.2. The van der Waals surface area contributed by atoms with Crippen LogP contribution in [-0.2, 0) is 21.1 Å². The van der Waals surface area contributed by atoms with Gasteiger partial charge in [-0.05, 0) is 18.6 Å². The van der Waals surface area contributed by atoms with Crippen molar-refractivity contribution in [3.63, 3.8) is 0 Å². The molecule has 0 saturated heterocycles. The molecule has 0 atom stereocenters. The Morgan fingerprint density at radius 1 is 1.41 bits per heavy atom. The van der Waals surface area contributed by atoms with Crippen LogP contribution in [0.2, 0.25) is 0 Å². The van der Waals surface area contributed by atoms with E-state index in [9.17, 15) is 13.2 Å². The molecule has 2 N–H and O–H groups in total. The minimum atomic E-state index is -3.79. The Hall–Kier alpha value is -2.35. The molecular formula is C14H17N3O4S. The Labute approximate surface area is 128 Å². The number of anilines is 1. The van der Waals surface area contributed by atoms with E-state index in [4.69, 9.17) is 4.74 Å². The second kappa shape index (κ2) is 6.61. The van der Waals surface area contributed by atoms with E-state index in [0.717, 1.165) is 0 Å². The highest BCUT2D eigenvalue weighted by atomic mass is 32.2. The van der Waals surface area contributed by atoms with E-state index < -0.39 is 21.5 Å². The number of sulfone groups is 1. The number of imidazole rings is 1. The average molecular weight is 323 g/mol. The summed E-state index contributed by atoms with van der Waals surface area (Å²) >= 11 is 0. The van der Waals surface area contributed by atoms with Gasteiger partial charge in [-0.3, -0.25) is 4.79 Å². The van der Waals surface area contributed by atoms with Crippen LogP contribution < -0.4 is 10.1 Å². The summed E-state index contributed by atoms with van der Waals surface area (Å²) in [5.41, 5.74) is 1.17. The third-order valence-corrected chi connectivity index (χ3v) is 4.39. The zero-order chi connectivity index (χ0) is 16.2. The molecule has 0 bridgehead atoms. The predicted molar refractivity (Wildman–Crippen MR) is 81.6 cm³/mol. The molecule has 0 saturated carbocycles. The molecule has 7 nitrogen and oxygen atoms in total. The van der Waals surface area contributed by atoms with Crippen molar-refractivity contribution in [3.05, 3.63) is 36.2 Å². The Bertz CT molecular complexity index is 768. The van der Waals surface area contributed by atoms with Crippen molar-refractivity contribution in [2.24, 2.45) is 0 Å². The number of carbonyl (C=O) groups is 1. The molecule has 22 heavy (non-hydrogen) atoms. The molecular weight excluding hydrogens is 306 g/mol. The van der Waals surface area contributed by atoms with Crippen LogP contribution >= 0.6 is 0 Å². The summed E-state index contributed by atoms with van der Waals surface area (Å²) in [6.07, 6.45) is 2.09. The first kappa shape index (κ1) is 16.0. The Balaban J connectivity index is 2.07. The van der Waals surface area contributed by atoms with E-state index in [-0.39, 0.29) is 5.16 Å². The van der Waals surface area contributed by atoms with Gasteiger partial charge < -0.3 is 15.0 Å². The molecule has 8 heteroatoms. The molecule has 2 aromatic rings. The summed E-state index contributed by atoms with van der Waals surface area (Å²) in [6.45, 7) is 1.87. The number of hydrogen-bond donors (Lipinski definition) is 2. The maximum absolute atomic E-state index is 12.1. The van der Waals surface area contributed by atoms with E-state index in [1.54, 1.807) is 24.3 Å². The first-order chi connectivity index (χ1) is 10.4. The van der Waals surface area contributed by atoms with E-state index in [1.807, 2.05) is 6.92 Å². The smallest absolute Gasteiger partial charge is 0.240 e. The van der Waals surface area contributed by atoms with Crippen LogP contribution in [0.25, 0.3) is 0 Å². The number of ether oxygens (including phenoxy) is 1. The summed E-state index contributed by atoms with van der Waals surface area (Å²) in [5, 5.41) is 2.33. The lowest BCUT2D eigenvalue weighted by molar-refractivity contribution is -0.113. The van der Waals surface area contributed by atoms with Crippen LogP contribution in [0, 0.1) is 0 Å². The van der Waals surface area contributed by atoms with Gasteiger partial charge in [-0.25, -0.2) is 13.4 Å². The van der Waals surface area contributed by atoms with E-state index >= 15 is 0 Å². The van der Waals surface area contributed by atoms with Gasteiger partial charge in [0.05, 0.1) is 7.11 Å². The number of nitrogens with zero attached hydrogens (tertiary/aromatic N) is 1. The molecule has 118 valence electrons. The summed E-state index contributed by atoms with van der Waals surface area (Å²) in [7, 11) is -2.29. The molecule has 0 aliphatic heterocycles. The Kier molecular flexibility index (Phi) is 4.81. The average Bonchev–Trinajstić information content (AvgIpc) is 2.96. The molecule has 0 unspecified atom stereocenters. The fourth-order valence-electron chi connectivity index (χ4n) is 1.82. The van der Waals surface area contributed by atoms with Crippen LogP contribution in [0.3, 0.4) is 0 Å². The second-order valence-electron chi connectivity index (χ2n) is 4.61. The summed E-state index contributed by atoms with van der Waals surface area (Å²) in [4.78, 5) is 18.4. The standard InChI is InChI=1S/C14H17N3O4S/c1-3-10-8-15-14(17-10)22(19,20)9-13(18)16-11-5-4-6-12(7-11)21-2/h4-8H,3,9H2,1-2H3,(H,15,17)(H,16,18). The Morgan fingerprint density at radius 3 is 2.82 bits per heavy atom. The fraction of sp³-hybridized carbons (Fsp3) is 0.286. The predicted octanol–water partition coefficient (Wildman–Crippen LogP) is 1.39. The van der Waals surface area contributed by atoms with Gasteiger partial charge in [-0.15, -0.1) is 0 Å². The number of nitrogens with one attached hydrogen (secondary N) is 2. The maximum Gasteiger partial charge on any atom is 0.240 e. The van der Waals surface area contributed by atoms with E-state index in [2.05, 4.69) is 15.3 Å². The summed E-state index contributed by atoms with van der Waals surface area (Å²) in [5.74, 6) is -0.747. The van der Waals surface area contributed by atoms with Crippen molar-refractivity contribution in [3.8, 4) is 5.75 Å². The SMILES string of the molecule is CCc1cnc(S(=O)(=O)CC(=O)Nc2cccc(OC)c2)[nH]1. The molecule has 0 radical (unpaired) electrons. The van der Waals surface area contributed by atoms with Gasteiger partial charge >= 0.3 is 0 Å². The van der Waals surface area contributed by atoms with Gasteiger partial charge in [0.1, 0.15) is 11.5 Å². The number of methoxy groups -OCH3 is 1. The molecule has 1 heterocycles. The van der Waals surface area contributed by atoms with Crippen LogP contribution in [0.1, 0.15) is 12.6 Å². The topological polar surface area (TPSA) is 101 Å². The van der Waals surface area contributed by atoms with Crippen molar-refractivity contribution in [2.45, 2.75) is 18.5 Å². The quantitative estimate of drug-likeness (QED) is 0.836. The fourth-order valence-corrected chi connectivity index (χ4v) is 2.87. The number of hydrogen-bond acceptors (Lipinski definition) is 5. The minimum absolute atomic E-state index is 0.190. The number of aryl methyl sites for hydroxylation is 1. The van der Waals surface area contributed by atoms with Crippen LogP contribution in [-0.4, -0.2) is 37.2 Å². The highest BCUT2D eigenvalue weighted by Gasteiger charge is 2.22. The molecule has 1 aromatic heterocycles. The van der Waals surface area contributed by atoms with Crippen LogP contribution in [0.5, 0.6) is 5.75 Å². The molecule has 0 spiro atoms. The van der Waals surface area contributed by atoms with Crippen molar-refractivity contribution in [1.29, 1.82) is 0 Å². The number of amides is 1. The monoisotopic (exact) mass is 323 g/mol. The molecule has 1 aromatic carbocycles. The van der Waals surface area contributed by atoms with Crippen molar-refractivity contribution >= 4 is 21.4 Å². The lowest BCUT2D eigenvalue weighted by Gasteiger charge is -2.06. The zero-order valence-electron chi connectivity index (χ0n) is 12.3. The van der Waals surface area contributed by atoms with Gasteiger partial charge in [0.25, 0.3) is 0 Å². The maximum atomic E-state index is 12.1. The number of aromatic nitrogens is 2. The lowest BCUT2D eigenvalue weighted by Crippen LogP contribution is -2.23. The molecule has 0 fully saturated rings. The number of benzene rings is 1. The largest absolute Gasteiger partial charge is 0.497 e. The third-order valence-electron chi connectivity index (χ3n) is 2.96. The second-order valence-corrected chi connectivity index (χ2v) is 6.51. The van der Waals surface area contributed by atoms with Gasteiger partial charge in [0.2, 0.25) is 20.9 Å². The van der Waals surface area contributed by atoms with Gasteiger partial charge in [-0.2, -0.15) is 0 Å². The zero-order valence-corrected chi connectivity index (χ0v) is 13.1. The molecule has 1 amide bonds. The first-order valence-corrected chi connectivity index (χ1v) is 8.30. The first-order valence-electron chi connectivity index (χ1n) is 6.65. The highest BCUT2D eigenvalue weighted by Crippen LogP contribution is 2.17. The van der Waals surface area contributed by atoms with E-state index in [0.29, 0.717) is 23.6 Å². The third kappa shape index (κ3) is 3.85. The number of H-pyrrole nitrogens is 1. The van der Waals surface area contributed by atoms with E-state index in [1.165, 1.54) is 13.3 Å². The van der Waals surface area contributed by atoms with Crippen molar-refractivity contribution < 1.29 is 17.9 Å². The number of aromatic amines is 1. The minimum Gasteiger partial charge on any atom is -0.497 e. The Morgan fingerprint density at radius 2 is 2.18 bits per heavy atom. The van der Waals surface area contributed by atoms with Gasteiger partial charge in [-0.1, -0.05) is 13.0 Å². The van der Waals surface area contributed by atoms with Gasteiger partial charge in [0.15, 0.2) is 0 Å². The normalized spacial score (nSPS) is 11.2. The number of carbonyl (C=O) groups excluding carboxylic acids is 1. The number of rotatable bonds is 6.